The standard InChI is InChI=1S/C16H21NO3/c1-3-13-8-9-15(20-13)10-17-16(11-18)12-4-6-14(19-2)7-5-12/h4-9,16-18H,3,10-11H2,1-2H3/t16-/m0/s1. The van der Waals surface area contributed by atoms with E-state index in [1.165, 1.54) is 0 Å². The van der Waals surface area contributed by atoms with Crippen LogP contribution in [0.2, 0.25) is 0 Å². The number of aliphatic hydroxyl groups is 1. The predicted octanol–water partition coefficient (Wildman–Crippen LogP) is 2.67. The third-order valence-electron chi connectivity index (χ3n) is 3.29. The molecule has 0 aliphatic carbocycles. The van der Waals surface area contributed by atoms with Crippen molar-refractivity contribution in [3.05, 3.63) is 53.5 Å². The zero-order valence-electron chi connectivity index (χ0n) is 11.9. The molecule has 4 heteroatoms. The minimum absolute atomic E-state index is 0.0354. The van der Waals surface area contributed by atoms with Gasteiger partial charge in [0.15, 0.2) is 0 Å². The smallest absolute Gasteiger partial charge is 0.118 e. The van der Waals surface area contributed by atoms with E-state index in [-0.39, 0.29) is 12.6 Å². The number of hydrogen-bond donors (Lipinski definition) is 2. The molecule has 2 N–H and O–H groups in total. The van der Waals surface area contributed by atoms with E-state index in [0.29, 0.717) is 6.54 Å². The Kier molecular flexibility index (Phi) is 5.21. The van der Waals surface area contributed by atoms with Crippen LogP contribution >= 0.6 is 0 Å². The summed E-state index contributed by atoms with van der Waals surface area (Å²) in [6.45, 7) is 2.69. The second-order valence-corrected chi connectivity index (χ2v) is 4.61. The molecule has 0 amide bonds. The van der Waals surface area contributed by atoms with Gasteiger partial charge in [-0.3, -0.25) is 0 Å². The maximum absolute atomic E-state index is 9.51. The average Bonchev–Trinajstić information content (AvgIpc) is 2.96. The van der Waals surface area contributed by atoms with Crippen LogP contribution < -0.4 is 10.1 Å². The Hall–Kier alpha value is -1.78. The van der Waals surface area contributed by atoms with Crippen LogP contribution in [-0.2, 0) is 13.0 Å². The summed E-state index contributed by atoms with van der Waals surface area (Å²) in [4.78, 5) is 0. The van der Waals surface area contributed by atoms with Crippen LogP contribution in [0, 0.1) is 0 Å². The topological polar surface area (TPSA) is 54.6 Å². The molecule has 1 aromatic carbocycles. The summed E-state index contributed by atoms with van der Waals surface area (Å²) in [6.07, 6.45) is 0.891. The number of benzene rings is 1. The van der Waals surface area contributed by atoms with Gasteiger partial charge in [-0.05, 0) is 29.8 Å². The van der Waals surface area contributed by atoms with Gasteiger partial charge in [0.2, 0.25) is 0 Å². The molecule has 4 nitrogen and oxygen atoms in total. The largest absolute Gasteiger partial charge is 0.497 e. The van der Waals surface area contributed by atoms with Crippen molar-refractivity contribution in [1.82, 2.24) is 5.32 Å². The van der Waals surface area contributed by atoms with Gasteiger partial charge in [0.05, 0.1) is 26.3 Å². The van der Waals surface area contributed by atoms with Gasteiger partial charge in [-0.2, -0.15) is 0 Å². The van der Waals surface area contributed by atoms with E-state index in [4.69, 9.17) is 9.15 Å². The summed E-state index contributed by atoms with van der Waals surface area (Å²) in [6, 6.07) is 11.5. The van der Waals surface area contributed by atoms with Gasteiger partial charge in [-0.25, -0.2) is 0 Å². The Balaban J connectivity index is 1.97. The molecule has 108 valence electrons. The van der Waals surface area contributed by atoms with E-state index in [1.807, 2.05) is 36.4 Å². The number of ether oxygens (including phenoxy) is 1. The third-order valence-corrected chi connectivity index (χ3v) is 3.29. The molecule has 0 aliphatic heterocycles. The van der Waals surface area contributed by atoms with Gasteiger partial charge in [0, 0.05) is 6.42 Å². The van der Waals surface area contributed by atoms with Crippen molar-refractivity contribution in [2.24, 2.45) is 0 Å². The van der Waals surface area contributed by atoms with Crippen LogP contribution in [0.5, 0.6) is 5.75 Å². The van der Waals surface area contributed by atoms with E-state index in [0.717, 1.165) is 29.3 Å². The number of aryl methyl sites for hydroxylation is 1. The zero-order chi connectivity index (χ0) is 14.4. The molecule has 2 rings (SSSR count). The Bertz CT molecular complexity index is 519. The molecule has 0 unspecified atom stereocenters. The van der Waals surface area contributed by atoms with Gasteiger partial charge >= 0.3 is 0 Å². The first-order valence-corrected chi connectivity index (χ1v) is 6.82. The Morgan fingerprint density at radius 3 is 2.40 bits per heavy atom. The third kappa shape index (κ3) is 3.62. The average molecular weight is 275 g/mol. The van der Waals surface area contributed by atoms with E-state index < -0.39 is 0 Å². The van der Waals surface area contributed by atoms with Crippen LogP contribution in [0.25, 0.3) is 0 Å². The van der Waals surface area contributed by atoms with Crippen molar-refractivity contribution in [3.8, 4) is 5.75 Å². The zero-order valence-corrected chi connectivity index (χ0v) is 11.9. The normalized spacial score (nSPS) is 12.3. The first-order chi connectivity index (χ1) is 9.76. The lowest BCUT2D eigenvalue weighted by Crippen LogP contribution is -2.23. The highest BCUT2D eigenvalue weighted by Gasteiger charge is 2.11. The molecule has 0 spiro atoms. The van der Waals surface area contributed by atoms with Crippen LogP contribution in [-0.4, -0.2) is 18.8 Å². The molecule has 2 aromatic rings. The molecule has 0 aliphatic rings. The second-order valence-electron chi connectivity index (χ2n) is 4.61. The summed E-state index contributed by atoms with van der Waals surface area (Å²) < 4.78 is 10.8. The molecule has 0 bridgehead atoms. The highest BCUT2D eigenvalue weighted by molar-refractivity contribution is 5.29. The lowest BCUT2D eigenvalue weighted by Gasteiger charge is -2.16. The van der Waals surface area contributed by atoms with Crippen molar-refractivity contribution < 1.29 is 14.3 Å². The molecule has 0 saturated carbocycles. The molecule has 1 aromatic heterocycles. The van der Waals surface area contributed by atoms with Crippen molar-refractivity contribution in [2.45, 2.75) is 25.9 Å². The van der Waals surface area contributed by atoms with Crippen LogP contribution in [0.1, 0.15) is 30.0 Å². The minimum Gasteiger partial charge on any atom is -0.497 e. The lowest BCUT2D eigenvalue weighted by molar-refractivity contribution is 0.240. The Morgan fingerprint density at radius 2 is 1.85 bits per heavy atom. The fourth-order valence-corrected chi connectivity index (χ4v) is 2.06. The first kappa shape index (κ1) is 14.6. The van der Waals surface area contributed by atoms with Crippen LogP contribution in [0.15, 0.2) is 40.8 Å². The summed E-state index contributed by atoms with van der Waals surface area (Å²) in [5.41, 5.74) is 1.02. The maximum Gasteiger partial charge on any atom is 0.118 e. The van der Waals surface area contributed by atoms with Gasteiger partial charge in [-0.15, -0.1) is 0 Å². The SMILES string of the molecule is CCc1ccc(CN[C@@H](CO)c2ccc(OC)cc2)o1. The van der Waals surface area contributed by atoms with Crippen molar-refractivity contribution in [3.63, 3.8) is 0 Å². The van der Waals surface area contributed by atoms with Crippen LogP contribution in [0.3, 0.4) is 0 Å². The number of hydrogen-bond acceptors (Lipinski definition) is 4. The quantitative estimate of drug-likeness (QED) is 0.815. The predicted molar refractivity (Wildman–Crippen MR) is 77.7 cm³/mol. The van der Waals surface area contributed by atoms with Gasteiger partial charge < -0.3 is 19.6 Å². The maximum atomic E-state index is 9.51. The summed E-state index contributed by atoms with van der Waals surface area (Å²) in [7, 11) is 1.64. The van der Waals surface area contributed by atoms with Gasteiger partial charge in [0.25, 0.3) is 0 Å². The molecule has 20 heavy (non-hydrogen) atoms. The van der Waals surface area contributed by atoms with E-state index in [2.05, 4.69) is 12.2 Å². The highest BCUT2D eigenvalue weighted by atomic mass is 16.5. The number of aliphatic hydroxyl groups excluding tert-OH is 1. The number of rotatable bonds is 7. The fourth-order valence-electron chi connectivity index (χ4n) is 2.06. The molecule has 0 fully saturated rings. The van der Waals surface area contributed by atoms with E-state index >= 15 is 0 Å². The van der Waals surface area contributed by atoms with Crippen molar-refractivity contribution in [2.75, 3.05) is 13.7 Å². The minimum atomic E-state index is -0.115. The monoisotopic (exact) mass is 275 g/mol. The molecule has 0 radical (unpaired) electrons. The van der Waals surface area contributed by atoms with E-state index in [1.54, 1.807) is 7.11 Å². The number of furan rings is 1. The van der Waals surface area contributed by atoms with Crippen LogP contribution in [0.4, 0.5) is 0 Å². The Labute approximate surface area is 119 Å². The molecular weight excluding hydrogens is 254 g/mol. The summed E-state index contributed by atoms with van der Waals surface area (Å²) >= 11 is 0. The highest BCUT2D eigenvalue weighted by Crippen LogP contribution is 2.18. The number of nitrogens with one attached hydrogen (secondary N) is 1. The second kappa shape index (κ2) is 7.12. The Morgan fingerprint density at radius 1 is 1.15 bits per heavy atom. The van der Waals surface area contributed by atoms with Gasteiger partial charge in [0.1, 0.15) is 17.3 Å². The fraction of sp³-hybridized carbons (Fsp3) is 0.375. The summed E-state index contributed by atoms with van der Waals surface area (Å²) in [5, 5.41) is 12.8. The summed E-state index contributed by atoms with van der Waals surface area (Å²) in [5.74, 6) is 2.67. The molecule has 1 atom stereocenters. The van der Waals surface area contributed by atoms with Crippen molar-refractivity contribution in [1.29, 1.82) is 0 Å². The van der Waals surface area contributed by atoms with Crippen molar-refractivity contribution >= 4 is 0 Å². The molecule has 0 saturated heterocycles. The van der Waals surface area contributed by atoms with E-state index in [9.17, 15) is 5.11 Å². The molecule has 1 heterocycles. The lowest BCUT2D eigenvalue weighted by atomic mass is 10.1. The first-order valence-electron chi connectivity index (χ1n) is 6.82. The molecular formula is C16H21NO3. The van der Waals surface area contributed by atoms with Gasteiger partial charge in [-0.1, -0.05) is 19.1 Å². The number of methoxy groups -OCH3 is 1.